The summed E-state index contributed by atoms with van der Waals surface area (Å²) < 4.78 is 13.0. The van der Waals surface area contributed by atoms with Crippen LogP contribution in [0.1, 0.15) is 65.2 Å². The van der Waals surface area contributed by atoms with Crippen LogP contribution in [-0.4, -0.2) is 68.0 Å². The van der Waals surface area contributed by atoms with Crippen molar-refractivity contribution in [1.82, 2.24) is 29.7 Å². The summed E-state index contributed by atoms with van der Waals surface area (Å²) in [4.78, 5) is 34.3. The summed E-state index contributed by atoms with van der Waals surface area (Å²) in [5.41, 5.74) is 1.67. The summed E-state index contributed by atoms with van der Waals surface area (Å²) in [6.45, 7) is 8.63. The lowest BCUT2D eigenvalue weighted by Crippen LogP contribution is -2.54. The summed E-state index contributed by atoms with van der Waals surface area (Å²) in [6.07, 6.45) is 10.1. The van der Waals surface area contributed by atoms with Gasteiger partial charge in [-0.25, -0.2) is 14.8 Å². The Bertz CT molecular complexity index is 1350. The van der Waals surface area contributed by atoms with Crippen molar-refractivity contribution in [3.8, 4) is 11.6 Å². The fourth-order valence-electron chi connectivity index (χ4n) is 6.81. The number of anilines is 2. The molecule has 1 N–H and O–H groups in total. The van der Waals surface area contributed by atoms with Crippen molar-refractivity contribution >= 4 is 22.9 Å². The highest BCUT2D eigenvalue weighted by molar-refractivity contribution is 5.88. The quantitative estimate of drug-likeness (QED) is 0.518. The smallest absolute Gasteiger partial charge is 0.377 e. The van der Waals surface area contributed by atoms with Crippen LogP contribution in [0, 0.1) is 17.8 Å². The molecule has 4 aliphatic rings. The van der Waals surface area contributed by atoms with Crippen LogP contribution in [0.25, 0.3) is 22.8 Å². The molecule has 7 rings (SSSR count). The minimum Gasteiger partial charge on any atom is -0.377 e. The molecule has 204 valence electrons. The fourth-order valence-corrected chi connectivity index (χ4v) is 6.81. The molecular weight excluding hydrogens is 484 g/mol. The molecule has 38 heavy (non-hydrogen) atoms. The topological polar surface area (TPSA) is 118 Å². The third-order valence-corrected chi connectivity index (χ3v) is 9.45. The van der Waals surface area contributed by atoms with E-state index in [0.29, 0.717) is 36.6 Å². The summed E-state index contributed by atoms with van der Waals surface area (Å²) in [7, 11) is 0. The zero-order chi connectivity index (χ0) is 25.8. The monoisotopic (exact) mass is 522 g/mol. The molecule has 2 aliphatic heterocycles. The molecular formula is C27H38N8O3. The number of fused-ring (bicyclic) bond motifs is 1. The molecule has 2 saturated heterocycles. The van der Waals surface area contributed by atoms with E-state index >= 15 is 0 Å². The van der Waals surface area contributed by atoms with Gasteiger partial charge in [0.2, 0.25) is 17.6 Å². The Labute approximate surface area is 222 Å². The van der Waals surface area contributed by atoms with Crippen LogP contribution < -0.4 is 15.6 Å². The van der Waals surface area contributed by atoms with E-state index in [0.717, 1.165) is 48.8 Å². The van der Waals surface area contributed by atoms with E-state index in [1.54, 1.807) is 0 Å². The highest BCUT2D eigenvalue weighted by atomic mass is 16.5. The van der Waals surface area contributed by atoms with Crippen LogP contribution in [0.2, 0.25) is 0 Å². The predicted molar refractivity (Wildman–Crippen MR) is 143 cm³/mol. The van der Waals surface area contributed by atoms with E-state index in [4.69, 9.17) is 24.2 Å². The lowest BCUT2D eigenvalue weighted by Gasteiger charge is -2.49. The normalized spacial score (nSPS) is 28.5. The summed E-state index contributed by atoms with van der Waals surface area (Å²) in [6, 6.07) is 0.718. The zero-order valence-electron chi connectivity index (χ0n) is 22.4. The van der Waals surface area contributed by atoms with E-state index in [-0.39, 0.29) is 11.9 Å². The minimum absolute atomic E-state index is 0.222. The molecule has 0 radical (unpaired) electrons. The van der Waals surface area contributed by atoms with Gasteiger partial charge in [-0.05, 0) is 56.8 Å². The van der Waals surface area contributed by atoms with Crippen molar-refractivity contribution < 1.29 is 9.26 Å². The summed E-state index contributed by atoms with van der Waals surface area (Å²) in [5.74, 6) is 4.00. The minimum atomic E-state index is -0.610. The predicted octanol–water partition coefficient (Wildman–Crippen LogP) is 3.60. The van der Waals surface area contributed by atoms with Crippen LogP contribution >= 0.6 is 0 Å². The standard InChI is InChI=1S/C27H38N8O3/c1-16-6-8-18(9-7-16)14-35-21-22(30-26(35)33-12-13-37-15-17(33)2)28-23(24-31-27(36)38-32-24)29-25(21)34-11-10-20(34)19-4-3-5-19/h16-20H,3-15H2,1-2H3,(H,31,32,36)/t16?,17-,18?,20-/m1/s1. The summed E-state index contributed by atoms with van der Waals surface area (Å²) in [5, 5.41) is 3.90. The van der Waals surface area contributed by atoms with Crippen molar-refractivity contribution in [1.29, 1.82) is 0 Å². The number of hydrogen-bond acceptors (Lipinski definition) is 9. The largest absolute Gasteiger partial charge is 0.439 e. The van der Waals surface area contributed by atoms with E-state index in [1.807, 2.05) is 0 Å². The van der Waals surface area contributed by atoms with Crippen molar-refractivity contribution in [3.63, 3.8) is 0 Å². The molecule has 2 aliphatic carbocycles. The maximum Gasteiger partial charge on any atom is 0.439 e. The van der Waals surface area contributed by atoms with E-state index in [2.05, 4.69) is 38.4 Å². The summed E-state index contributed by atoms with van der Waals surface area (Å²) >= 11 is 0. The SMILES string of the molecule is CC1CCC(Cn2c(N3CCOC[C@H]3C)nc3nc(-c4noc(=O)[nH]4)nc(N4CC[C@@H]4C4CCC4)c32)CC1. The number of aromatic amines is 1. The lowest BCUT2D eigenvalue weighted by atomic mass is 9.75. The third-order valence-electron chi connectivity index (χ3n) is 9.45. The van der Waals surface area contributed by atoms with Gasteiger partial charge in [-0.1, -0.05) is 31.3 Å². The molecule has 3 aromatic rings. The van der Waals surface area contributed by atoms with Gasteiger partial charge < -0.3 is 19.1 Å². The van der Waals surface area contributed by atoms with Gasteiger partial charge in [0.25, 0.3) is 0 Å². The van der Waals surface area contributed by atoms with Gasteiger partial charge in [-0.15, -0.1) is 0 Å². The van der Waals surface area contributed by atoms with Gasteiger partial charge in [-0.2, -0.15) is 4.98 Å². The van der Waals surface area contributed by atoms with Gasteiger partial charge in [0.05, 0.1) is 19.3 Å². The Hall–Kier alpha value is -2.95. The zero-order valence-corrected chi connectivity index (χ0v) is 22.4. The first-order chi connectivity index (χ1) is 18.5. The Kier molecular flexibility index (Phi) is 6.13. The average molecular weight is 523 g/mol. The van der Waals surface area contributed by atoms with Gasteiger partial charge in [-0.3, -0.25) is 9.51 Å². The first-order valence-corrected chi connectivity index (χ1v) is 14.5. The third kappa shape index (κ3) is 4.19. The first kappa shape index (κ1) is 24.1. The highest BCUT2D eigenvalue weighted by Gasteiger charge is 2.41. The maximum atomic E-state index is 11.8. The van der Waals surface area contributed by atoms with Crippen LogP contribution in [0.4, 0.5) is 11.8 Å². The Morgan fingerprint density at radius 2 is 1.82 bits per heavy atom. The Morgan fingerprint density at radius 1 is 0.974 bits per heavy atom. The molecule has 2 saturated carbocycles. The number of ether oxygens (including phenoxy) is 1. The molecule has 11 heteroatoms. The Morgan fingerprint density at radius 3 is 2.47 bits per heavy atom. The molecule has 0 unspecified atom stereocenters. The van der Waals surface area contributed by atoms with E-state index in [1.165, 1.54) is 51.4 Å². The van der Waals surface area contributed by atoms with Crippen LogP contribution in [0.3, 0.4) is 0 Å². The Balaban J connectivity index is 1.38. The number of imidazole rings is 1. The molecule has 11 nitrogen and oxygen atoms in total. The molecule has 0 amide bonds. The average Bonchev–Trinajstić information content (AvgIpc) is 3.46. The van der Waals surface area contributed by atoms with Crippen LogP contribution in [0.15, 0.2) is 9.32 Å². The van der Waals surface area contributed by atoms with E-state index in [9.17, 15) is 4.79 Å². The first-order valence-electron chi connectivity index (χ1n) is 14.5. The maximum absolute atomic E-state index is 11.8. The van der Waals surface area contributed by atoms with Gasteiger partial charge in [0.15, 0.2) is 11.5 Å². The molecule has 5 heterocycles. The molecule has 0 aromatic carbocycles. The molecule has 0 bridgehead atoms. The number of nitrogens with zero attached hydrogens (tertiary/aromatic N) is 7. The number of morpholine rings is 1. The molecule has 2 atom stereocenters. The van der Waals surface area contributed by atoms with Crippen LogP contribution in [-0.2, 0) is 11.3 Å². The van der Waals surface area contributed by atoms with Gasteiger partial charge in [0.1, 0.15) is 5.52 Å². The number of aromatic nitrogens is 6. The van der Waals surface area contributed by atoms with Crippen LogP contribution in [0.5, 0.6) is 0 Å². The van der Waals surface area contributed by atoms with Crippen molar-refractivity contribution in [2.24, 2.45) is 17.8 Å². The number of H-pyrrole nitrogens is 1. The number of rotatable bonds is 6. The number of hydrogen-bond donors (Lipinski definition) is 1. The second-order valence-corrected chi connectivity index (χ2v) is 12.0. The molecule has 0 spiro atoms. The van der Waals surface area contributed by atoms with E-state index < -0.39 is 5.76 Å². The van der Waals surface area contributed by atoms with Crippen molar-refractivity contribution in [2.75, 3.05) is 36.1 Å². The molecule has 3 aromatic heterocycles. The number of nitrogens with one attached hydrogen (secondary N) is 1. The molecule has 4 fully saturated rings. The lowest BCUT2D eigenvalue weighted by molar-refractivity contribution is 0.0976. The van der Waals surface area contributed by atoms with Gasteiger partial charge >= 0.3 is 5.76 Å². The van der Waals surface area contributed by atoms with Crippen molar-refractivity contribution in [2.45, 2.75) is 83.8 Å². The highest BCUT2D eigenvalue weighted by Crippen LogP contribution is 2.43. The second kappa shape index (κ2) is 9.66. The van der Waals surface area contributed by atoms with Crippen molar-refractivity contribution in [3.05, 3.63) is 10.6 Å². The van der Waals surface area contributed by atoms with Gasteiger partial charge in [0, 0.05) is 25.7 Å². The second-order valence-electron chi connectivity index (χ2n) is 12.0. The fraction of sp³-hybridized carbons (Fsp3) is 0.741.